The number of rotatable bonds is 5. The Labute approximate surface area is 213 Å². The SMILES string of the molecule is CCNC(=NCC1(c2ccc3c(c2)OCO3)CCOCC1)N1CCC(c2ccccc2)C1.I. The summed E-state index contributed by atoms with van der Waals surface area (Å²) >= 11 is 0. The molecule has 0 aromatic heterocycles. The molecule has 1 N–H and O–H groups in total. The second-order valence-corrected chi connectivity index (χ2v) is 8.97. The standard InChI is InChI=1S/C26H33N3O3.HI/c1-2-27-25(29-13-10-21(17-29)20-6-4-3-5-7-20)28-18-26(11-14-30-15-12-26)22-8-9-23-24(16-22)32-19-31-23;/h3-9,16,21H,2,10-15,17-19H2,1H3,(H,27,28);1H. The van der Waals surface area contributed by atoms with E-state index in [-0.39, 0.29) is 29.4 Å². The third-order valence-corrected chi connectivity index (χ3v) is 7.06. The highest BCUT2D eigenvalue weighted by Crippen LogP contribution is 2.41. The van der Waals surface area contributed by atoms with Crippen LogP contribution in [-0.4, -0.2) is 57.0 Å². The molecule has 3 aliphatic heterocycles. The molecule has 0 saturated carbocycles. The van der Waals surface area contributed by atoms with E-state index in [1.165, 1.54) is 11.1 Å². The van der Waals surface area contributed by atoms with Crippen molar-refractivity contribution in [2.24, 2.45) is 4.99 Å². The van der Waals surface area contributed by atoms with Gasteiger partial charge in [0, 0.05) is 44.2 Å². The van der Waals surface area contributed by atoms with Gasteiger partial charge in [-0.05, 0) is 49.4 Å². The lowest BCUT2D eigenvalue weighted by molar-refractivity contribution is 0.0529. The minimum absolute atomic E-state index is 0. The van der Waals surface area contributed by atoms with E-state index >= 15 is 0 Å². The van der Waals surface area contributed by atoms with E-state index in [1.54, 1.807) is 0 Å². The number of hydrogen-bond donors (Lipinski definition) is 1. The average molecular weight is 563 g/mol. The zero-order chi connectivity index (χ0) is 21.8. The Morgan fingerprint density at radius 1 is 1.09 bits per heavy atom. The van der Waals surface area contributed by atoms with Crippen LogP contribution in [-0.2, 0) is 10.2 Å². The first kappa shape index (κ1) is 24.1. The Bertz CT molecular complexity index is 947. The molecule has 178 valence electrons. The van der Waals surface area contributed by atoms with Gasteiger partial charge < -0.3 is 24.4 Å². The minimum atomic E-state index is -0.0432. The van der Waals surface area contributed by atoms with Crippen LogP contribution in [0.25, 0.3) is 0 Å². The van der Waals surface area contributed by atoms with Crippen LogP contribution in [0.15, 0.2) is 53.5 Å². The zero-order valence-electron chi connectivity index (χ0n) is 19.3. The van der Waals surface area contributed by atoms with Gasteiger partial charge in [-0.2, -0.15) is 0 Å². The molecule has 2 aromatic carbocycles. The second kappa shape index (κ2) is 11.0. The van der Waals surface area contributed by atoms with Gasteiger partial charge in [-0.25, -0.2) is 0 Å². The summed E-state index contributed by atoms with van der Waals surface area (Å²) in [6.07, 6.45) is 3.08. The maximum absolute atomic E-state index is 5.73. The fraction of sp³-hybridized carbons (Fsp3) is 0.500. The van der Waals surface area contributed by atoms with Crippen molar-refractivity contribution in [3.05, 3.63) is 59.7 Å². The molecule has 0 amide bonds. The molecule has 5 rings (SSSR count). The first-order chi connectivity index (χ1) is 15.8. The number of benzene rings is 2. The summed E-state index contributed by atoms with van der Waals surface area (Å²) in [5.74, 6) is 3.26. The minimum Gasteiger partial charge on any atom is -0.454 e. The first-order valence-corrected chi connectivity index (χ1v) is 11.8. The number of aliphatic imine (C=N–C) groups is 1. The number of likely N-dealkylation sites (tertiary alicyclic amines) is 1. The monoisotopic (exact) mass is 563 g/mol. The highest BCUT2D eigenvalue weighted by Gasteiger charge is 2.36. The number of fused-ring (bicyclic) bond motifs is 1. The molecule has 7 heteroatoms. The molecule has 0 aliphatic carbocycles. The molecule has 2 aromatic rings. The summed E-state index contributed by atoms with van der Waals surface area (Å²) in [6, 6.07) is 17.2. The van der Waals surface area contributed by atoms with Crippen molar-refractivity contribution in [1.29, 1.82) is 0 Å². The van der Waals surface area contributed by atoms with Gasteiger partial charge in [-0.1, -0.05) is 36.4 Å². The lowest BCUT2D eigenvalue weighted by Crippen LogP contribution is -2.42. The predicted octanol–water partition coefficient (Wildman–Crippen LogP) is 4.54. The molecule has 33 heavy (non-hydrogen) atoms. The highest BCUT2D eigenvalue weighted by molar-refractivity contribution is 14.0. The Hall–Kier alpha value is -2.00. The molecule has 0 bridgehead atoms. The smallest absolute Gasteiger partial charge is 0.231 e. The maximum Gasteiger partial charge on any atom is 0.231 e. The largest absolute Gasteiger partial charge is 0.454 e. The van der Waals surface area contributed by atoms with Crippen LogP contribution in [0.1, 0.15) is 43.2 Å². The van der Waals surface area contributed by atoms with E-state index in [0.717, 1.165) is 76.1 Å². The van der Waals surface area contributed by atoms with Crippen LogP contribution < -0.4 is 14.8 Å². The molecular weight excluding hydrogens is 529 g/mol. The van der Waals surface area contributed by atoms with Gasteiger partial charge in [0.15, 0.2) is 17.5 Å². The molecule has 1 atom stereocenters. The molecule has 3 heterocycles. The summed E-state index contributed by atoms with van der Waals surface area (Å²) in [6.45, 7) is 7.62. The molecule has 6 nitrogen and oxygen atoms in total. The molecule has 2 fully saturated rings. The predicted molar refractivity (Wildman–Crippen MR) is 141 cm³/mol. The summed E-state index contributed by atoms with van der Waals surface area (Å²) < 4.78 is 16.9. The van der Waals surface area contributed by atoms with E-state index in [1.807, 2.05) is 6.07 Å². The van der Waals surface area contributed by atoms with Crippen LogP contribution in [0.4, 0.5) is 0 Å². The van der Waals surface area contributed by atoms with Crippen molar-refractivity contribution in [2.45, 2.75) is 37.5 Å². The first-order valence-electron chi connectivity index (χ1n) is 11.8. The molecule has 3 aliphatic rings. The Kier molecular flexibility index (Phi) is 8.01. The summed E-state index contributed by atoms with van der Waals surface area (Å²) in [4.78, 5) is 7.62. The third-order valence-electron chi connectivity index (χ3n) is 7.06. The molecular formula is C26H34IN3O3. The van der Waals surface area contributed by atoms with E-state index < -0.39 is 0 Å². The topological polar surface area (TPSA) is 55.3 Å². The van der Waals surface area contributed by atoms with Crippen LogP contribution in [0.3, 0.4) is 0 Å². The van der Waals surface area contributed by atoms with Crippen molar-refractivity contribution in [1.82, 2.24) is 10.2 Å². The van der Waals surface area contributed by atoms with Gasteiger partial charge in [-0.15, -0.1) is 24.0 Å². The number of guanidine groups is 1. The van der Waals surface area contributed by atoms with Crippen molar-refractivity contribution in [3.8, 4) is 11.5 Å². The van der Waals surface area contributed by atoms with Gasteiger partial charge in [0.2, 0.25) is 6.79 Å². The van der Waals surface area contributed by atoms with Gasteiger partial charge in [0.05, 0.1) is 6.54 Å². The van der Waals surface area contributed by atoms with Gasteiger partial charge in [0.1, 0.15) is 0 Å². The summed E-state index contributed by atoms with van der Waals surface area (Å²) in [7, 11) is 0. The molecule has 0 spiro atoms. The van der Waals surface area contributed by atoms with Crippen molar-refractivity contribution >= 4 is 29.9 Å². The average Bonchev–Trinajstić information content (AvgIpc) is 3.52. The van der Waals surface area contributed by atoms with E-state index in [9.17, 15) is 0 Å². The van der Waals surface area contributed by atoms with Gasteiger partial charge >= 0.3 is 0 Å². The van der Waals surface area contributed by atoms with Crippen molar-refractivity contribution in [2.75, 3.05) is 46.2 Å². The van der Waals surface area contributed by atoms with Crippen LogP contribution in [0.5, 0.6) is 11.5 Å². The van der Waals surface area contributed by atoms with E-state index in [4.69, 9.17) is 19.2 Å². The highest BCUT2D eigenvalue weighted by atomic mass is 127. The number of hydrogen-bond acceptors (Lipinski definition) is 4. The third kappa shape index (κ3) is 5.24. The van der Waals surface area contributed by atoms with Crippen LogP contribution in [0.2, 0.25) is 0 Å². The summed E-state index contributed by atoms with van der Waals surface area (Å²) in [5, 5.41) is 3.55. The van der Waals surface area contributed by atoms with Crippen LogP contribution >= 0.6 is 24.0 Å². The van der Waals surface area contributed by atoms with E-state index in [0.29, 0.717) is 12.7 Å². The quantitative estimate of drug-likeness (QED) is 0.329. The van der Waals surface area contributed by atoms with Crippen molar-refractivity contribution < 1.29 is 14.2 Å². The number of nitrogens with one attached hydrogen (secondary N) is 1. The molecule has 2 saturated heterocycles. The summed E-state index contributed by atoms with van der Waals surface area (Å²) in [5.41, 5.74) is 2.65. The number of ether oxygens (including phenoxy) is 3. The van der Waals surface area contributed by atoms with Crippen LogP contribution in [0, 0.1) is 0 Å². The Morgan fingerprint density at radius 3 is 2.67 bits per heavy atom. The fourth-order valence-corrected chi connectivity index (χ4v) is 5.13. The normalized spacial score (nSPS) is 21.5. The fourth-order valence-electron chi connectivity index (χ4n) is 5.13. The van der Waals surface area contributed by atoms with Crippen molar-refractivity contribution in [3.63, 3.8) is 0 Å². The van der Waals surface area contributed by atoms with Gasteiger partial charge in [-0.3, -0.25) is 4.99 Å². The molecule has 1 unspecified atom stereocenters. The zero-order valence-corrected chi connectivity index (χ0v) is 21.6. The number of nitrogens with zero attached hydrogens (tertiary/aromatic N) is 2. The lowest BCUT2D eigenvalue weighted by Gasteiger charge is -2.37. The van der Waals surface area contributed by atoms with Gasteiger partial charge in [0.25, 0.3) is 0 Å². The Morgan fingerprint density at radius 2 is 1.88 bits per heavy atom. The van der Waals surface area contributed by atoms with E-state index in [2.05, 4.69) is 59.6 Å². The second-order valence-electron chi connectivity index (χ2n) is 8.97. The lowest BCUT2D eigenvalue weighted by atomic mass is 9.74. The Balaban J connectivity index is 0.00000259. The number of halogens is 1. The molecule has 0 radical (unpaired) electrons. The maximum atomic E-state index is 5.73.